The van der Waals surface area contributed by atoms with Gasteiger partial charge in [0, 0.05) is 10.5 Å². The first kappa shape index (κ1) is 18.6. The van der Waals surface area contributed by atoms with Crippen LogP contribution in [0.1, 0.15) is 24.5 Å². The number of rotatable bonds is 7. The summed E-state index contributed by atoms with van der Waals surface area (Å²) in [6, 6.07) is 3.08. The molecule has 0 aromatic heterocycles. The van der Waals surface area contributed by atoms with Crippen molar-refractivity contribution in [1.82, 2.24) is 9.62 Å². The third-order valence-corrected chi connectivity index (χ3v) is 5.73. The van der Waals surface area contributed by atoms with E-state index in [4.69, 9.17) is 0 Å². The number of hydrogen-bond donors (Lipinski definition) is 2. The van der Waals surface area contributed by atoms with Gasteiger partial charge < -0.3 is 10.0 Å². The van der Waals surface area contributed by atoms with Crippen molar-refractivity contribution in [3.05, 3.63) is 27.7 Å². The van der Waals surface area contributed by atoms with Gasteiger partial charge in [0.05, 0.1) is 11.5 Å². The second-order valence-electron chi connectivity index (χ2n) is 5.47. The molecule has 120 valence electrons. The first-order chi connectivity index (χ1) is 9.67. The molecular formula is C14H23BrN2O3S. The van der Waals surface area contributed by atoms with Gasteiger partial charge in [-0.25, -0.2) is 13.1 Å². The van der Waals surface area contributed by atoms with Crippen LogP contribution in [-0.4, -0.2) is 45.1 Å². The second-order valence-corrected chi connectivity index (χ2v) is 8.01. The van der Waals surface area contributed by atoms with Crippen molar-refractivity contribution in [2.75, 3.05) is 20.6 Å². The van der Waals surface area contributed by atoms with E-state index in [-0.39, 0.29) is 17.5 Å². The minimum absolute atomic E-state index is 0.159. The SMILES string of the molecule is Cc1c(Br)cc(CO)cc1S(=O)(=O)NC(C)CCN(C)C. The summed E-state index contributed by atoms with van der Waals surface area (Å²) < 4.78 is 28.4. The third kappa shape index (κ3) is 5.34. The molecule has 0 saturated heterocycles. The molecule has 2 N–H and O–H groups in total. The van der Waals surface area contributed by atoms with Crippen LogP contribution in [0.4, 0.5) is 0 Å². The van der Waals surface area contributed by atoms with Crippen LogP contribution in [-0.2, 0) is 16.6 Å². The summed E-state index contributed by atoms with van der Waals surface area (Å²) in [6.07, 6.45) is 0.728. The van der Waals surface area contributed by atoms with Crippen molar-refractivity contribution >= 4 is 26.0 Å². The lowest BCUT2D eigenvalue weighted by molar-refractivity contribution is 0.281. The van der Waals surface area contributed by atoms with Crippen LogP contribution in [0.3, 0.4) is 0 Å². The number of aliphatic hydroxyl groups is 1. The van der Waals surface area contributed by atoms with E-state index >= 15 is 0 Å². The maximum absolute atomic E-state index is 12.5. The molecule has 0 bridgehead atoms. The molecule has 1 rings (SSSR count). The van der Waals surface area contributed by atoms with Crippen LogP contribution in [0.2, 0.25) is 0 Å². The van der Waals surface area contributed by atoms with E-state index in [0.29, 0.717) is 15.6 Å². The molecule has 0 radical (unpaired) electrons. The van der Waals surface area contributed by atoms with E-state index in [1.54, 1.807) is 13.0 Å². The number of sulfonamides is 1. The minimum Gasteiger partial charge on any atom is -0.392 e. The highest BCUT2D eigenvalue weighted by molar-refractivity contribution is 9.10. The fourth-order valence-corrected chi connectivity index (χ4v) is 4.15. The zero-order valence-electron chi connectivity index (χ0n) is 12.9. The average molecular weight is 379 g/mol. The normalized spacial score (nSPS) is 13.7. The summed E-state index contributed by atoms with van der Waals surface area (Å²) in [4.78, 5) is 2.22. The highest BCUT2D eigenvalue weighted by Gasteiger charge is 2.21. The second kappa shape index (κ2) is 7.69. The van der Waals surface area contributed by atoms with Crippen molar-refractivity contribution < 1.29 is 13.5 Å². The lowest BCUT2D eigenvalue weighted by Crippen LogP contribution is -2.35. The standard InChI is InChI=1S/C14H23BrN2O3S/c1-10(5-6-17(3)4)16-21(19,20)14-8-12(9-18)7-13(15)11(14)2/h7-8,10,16,18H,5-6,9H2,1-4H3. The molecule has 7 heteroatoms. The molecule has 0 amide bonds. The highest BCUT2D eigenvalue weighted by Crippen LogP contribution is 2.26. The molecule has 5 nitrogen and oxygen atoms in total. The Kier molecular flexibility index (Phi) is 6.80. The van der Waals surface area contributed by atoms with Gasteiger partial charge in [0.25, 0.3) is 0 Å². The maximum Gasteiger partial charge on any atom is 0.241 e. The van der Waals surface area contributed by atoms with E-state index in [0.717, 1.165) is 13.0 Å². The Morgan fingerprint density at radius 3 is 2.52 bits per heavy atom. The van der Waals surface area contributed by atoms with Crippen LogP contribution >= 0.6 is 15.9 Å². The van der Waals surface area contributed by atoms with E-state index in [1.807, 2.05) is 25.9 Å². The number of aliphatic hydroxyl groups excluding tert-OH is 1. The number of nitrogens with zero attached hydrogens (tertiary/aromatic N) is 1. The fourth-order valence-electron chi connectivity index (χ4n) is 1.92. The zero-order chi connectivity index (χ0) is 16.2. The summed E-state index contributed by atoms with van der Waals surface area (Å²) in [7, 11) is 0.300. The minimum atomic E-state index is -3.60. The van der Waals surface area contributed by atoms with Gasteiger partial charge in [-0.2, -0.15) is 0 Å². The van der Waals surface area contributed by atoms with Gasteiger partial charge in [0.15, 0.2) is 0 Å². The van der Waals surface area contributed by atoms with E-state index in [2.05, 4.69) is 20.7 Å². The van der Waals surface area contributed by atoms with Crippen molar-refractivity contribution in [2.24, 2.45) is 0 Å². The monoisotopic (exact) mass is 378 g/mol. The molecular weight excluding hydrogens is 356 g/mol. The molecule has 1 aromatic rings. The van der Waals surface area contributed by atoms with Gasteiger partial charge in [0.2, 0.25) is 10.0 Å². The molecule has 0 saturated carbocycles. The molecule has 0 aliphatic heterocycles. The molecule has 0 fully saturated rings. The molecule has 1 aromatic carbocycles. The molecule has 0 spiro atoms. The van der Waals surface area contributed by atoms with Crippen LogP contribution < -0.4 is 4.72 Å². The van der Waals surface area contributed by atoms with Crippen molar-refractivity contribution in [3.63, 3.8) is 0 Å². The molecule has 21 heavy (non-hydrogen) atoms. The summed E-state index contributed by atoms with van der Waals surface area (Å²) in [5.41, 5.74) is 1.20. The van der Waals surface area contributed by atoms with Crippen LogP contribution in [0, 0.1) is 6.92 Å². The molecule has 1 atom stereocenters. The van der Waals surface area contributed by atoms with Crippen LogP contribution in [0.25, 0.3) is 0 Å². The van der Waals surface area contributed by atoms with Gasteiger partial charge in [-0.1, -0.05) is 15.9 Å². The Morgan fingerprint density at radius 2 is 2.00 bits per heavy atom. The summed E-state index contributed by atoms with van der Waals surface area (Å²) in [5.74, 6) is 0. The zero-order valence-corrected chi connectivity index (χ0v) is 15.3. The predicted molar refractivity (Wildman–Crippen MR) is 87.8 cm³/mol. The third-order valence-electron chi connectivity index (χ3n) is 3.19. The molecule has 1 unspecified atom stereocenters. The summed E-state index contributed by atoms with van der Waals surface area (Å²) in [6.45, 7) is 4.20. The first-order valence-corrected chi connectivity index (χ1v) is 9.02. The Balaban J connectivity index is 3.00. The lowest BCUT2D eigenvalue weighted by atomic mass is 10.2. The van der Waals surface area contributed by atoms with Gasteiger partial charge in [0.1, 0.15) is 0 Å². The maximum atomic E-state index is 12.5. The number of benzene rings is 1. The van der Waals surface area contributed by atoms with Crippen molar-refractivity contribution in [3.8, 4) is 0 Å². The molecule has 0 heterocycles. The average Bonchev–Trinajstić information content (AvgIpc) is 2.38. The van der Waals surface area contributed by atoms with E-state index < -0.39 is 10.0 Å². The smallest absolute Gasteiger partial charge is 0.241 e. The Labute approximate surface area is 135 Å². The Bertz CT molecular complexity index is 588. The van der Waals surface area contributed by atoms with Crippen LogP contribution in [0.5, 0.6) is 0 Å². The highest BCUT2D eigenvalue weighted by atomic mass is 79.9. The summed E-state index contributed by atoms with van der Waals surface area (Å²) >= 11 is 3.34. The summed E-state index contributed by atoms with van der Waals surface area (Å²) in [5, 5.41) is 9.23. The Hall–Kier alpha value is -0.470. The topological polar surface area (TPSA) is 69.6 Å². The Morgan fingerprint density at radius 1 is 1.38 bits per heavy atom. The van der Waals surface area contributed by atoms with E-state index in [9.17, 15) is 13.5 Å². The van der Waals surface area contributed by atoms with Gasteiger partial charge >= 0.3 is 0 Å². The lowest BCUT2D eigenvalue weighted by Gasteiger charge is -2.18. The van der Waals surface area contributed by atoms with Gasteiger partial charge in [-0.05, 0) is 64.2 Å². The van der Waals surface area contributed by atoms with Gasteiger partial charge in [-0.15, -0.1) is 0 Å². The van der Waals surface area contributed by atoms with Crippen LogP contribution in [0.15, 0.2) is 21.5 Å². The largest absolute Gasteiger partial charge is 0.392 e. The molecule has 0 aliphatic rings. The number of nitrogens with one attached hydrogen (secondary N) is 1. The van der Waals surface area contributed by atoms with Crippen molar-refractivity contribution in [2.45, 2.75) is 37.8 Å². The fraction of sp³-hybridized carbons (Fsp3) is 0.571. The quantitative estimate of drug-likeness (QED) is 0.759. The van der Waals surface area contributed by atoms with Gasteiger partial charge in [-0.3, -0.25) is 0 Å². The van der Waals surface area contributed by atoms with Crippen molar-refractivity contribution in [1.29, 1.82) is 0 Å². The number of halogens is 1. The number of hydrogen-bond acceptors (Lipinski definition) is 4. The molecule has 0 aliphatic carbocycles. The predicted octanol–water partition coefficient (Wildman–Crippen LogP) is 1.87. The first-order valence-electron chi connectivity index (χ1n) is 6.74. The van der Waals surface area contributed by atoms with E-state index in [1.165, 1.54) is 6.07 Å².